The molecule has 0 spiro atoms. The van der Waals surface area contributed by atoms with Crippen LogP contribution in [0.1, 0.15) is 0 Å². The van der Waals surface area contributed by atoms with Crippen molar-refractivity contribution >= 4 is 0 Å². The monoisotopic (exact) mass is 257 g/mol. The number of rotatable bonds is 4. The van der Waals surface area contributed by atoms with E-state index in [0.29, 0.717) is 11.6 Å². The minimum absolute atomic E-state index is 0.237. The maximum atomic E-state index is 5.68. The van der Waals surface area contributed by atoms with Gasteiger partial charge < -0.3 is 14.8 Å². The highest BCUT2D eigenvalue weighted by molar-refractivity contribution is 5.63. The van der Waals surface area contributed by atoms with E-state index in [4.69, 9.17) is 9.47 Å². The maximum absolute atomic E-state index is 5.68. The van der Waals surface area contributed by atoms with Gasteiger partial charge in [0.15, 0.2) is 11.6 Å². The van der Waals surface area contributed by atoms with Crippen LogP contribution in [0.5, 0.6) is 11.5 Å². The zero-order valence-corrected chi connectivity index (χ0v) is 10.7. The fourth-order valence-electron chi connectivity index (χ4n) is 1.88. The molecule has 1 N–H and O–H groups in total. The van der Waals surface area contributed by atoms with E-state index in [0.717, 1.165) is 24.4 Å². The molecule has 0 atom stereocenters. The first-order chi connectivity index (χ1) is 9.36. The van der Waals surface area contributed by atoms with Gasteiger partial charge in [-0.15, -0.1) is 0 Å². The van der Waals surface area contributed by atoms with Gasteiger partial charge in [-0.3, -0.25) is 0 Å². The summed E-state index contributed by atoms with van der Waals surface area (Å²) < 4.78 is 11.0. The van der Waals surface area contributed by atoms with Crippen LogP contribution >= 0.6 is 0 Å². The number of benzene rings is 1. The molecule has 0 radical (unpaired) electrons. The van der Waals surface area contributed by atoms with Crippen LogP contribution in [0.2, 0.25) is 0 Å². The summed E-state index contributed by atoms with van der Waals surface area (Å²) in [6.07, 6.45) is 3.64. The Balaban J connectivity index is 1.81. The van der Waals surface area contributed by atoms with Crippen molar-refractivity contribution in [3.05, 3.63) is 36.7 Å². The van der Waals surface area contributed by atoms with E-state index >= 15 is 0 Å². The van der Waals surface area contributed by atoms with Crippen molar-refractivity contribution in [3.8, 4) is 22.9 Å². The molecule has 2 aromatic rings. The van der Waals surface area contributed by atoms with E-state index in [9.17, 15) is 0 Å². The molecule has 1 fully saturated rings. The third-order valence-corrected chi connectivity index (χ3v) is 3.02. The van der Waals surface area contributed by atoms with Crippen LogP contribution in [-0.2, 0) is 0 Å². The van der Waals surface area contributed by atoms with Crippen LogP contribution in [0, 0.1) is 0 Å². The largest absolute Gasteiger partial charge is 0.496 e. The number of ether oxygens (including phenoxy) is 2. The Hall–Kier alpha value is -2.14. The van der Waals surface area contributed by atoms with Crippen molar-refractivity contribution in [1.29, 1.82) is 0 Å². The molecule has 0 bridgehead atoms. The molecule has 1 aliphatic rings. The van der Waals surface area contributed by atoms with Crippen molar-refractivity contribution in [1.82, 2.24) is 15.3 Å². The summed E-state index contributed by atoms with van der Waals surface area (Å²) in [6, 6.07) is 7.68. The molecular weight excluding hydrogens is 242 g/mol. The summed E-state index contributed by atoms with van der Waals surface area (Å²) in [5.74, 6) is 2.10. The lowest BCUT2D eigenvalue weighted by atomic mass is 10.2. The van der Waals surface area contributed by atoms with Crippen LogP contribution < -0.4 is 14.8 Å². The summed E-state index contributed by atoms with van der Waals surface area (Å²) in [4.78, 5) is 8.66. The molecule has 1 aromatic heterocycles. The number of nitrogens with zero attached hydrogens (tertiary/aromatic N) is 2. The smallest absolute Gasteiger partial charge is 0.163 e. The maximum Gasteiger partial charge on any atom is 0.163 e. The second kappa shape index (κ2) is 5.24. The fraction of sp³-hybridized carbons (Fsp3) is 0.286. The highest BCUT2D eigenvalue weighted by Crippen LogP contribution is 2.27. The third-order valence-electron chi connectivity index (χ3n) is 3.02. The minimum Gasteiger partial charge on any atom is -0.496 e. The lowest BCUT2D eigenvalue weighted by Gasteiger charge is -2.27. The molecule has 0 saturated carbocycles. The predicted molar refractivity (Wildman–Crippen MR) is 71.3 cm³/mol. The van der Waals surface area contributed by atoms with Gasteiger partial charge in [-0.25, -0.2) is 9.97 Å². The lowest BCUT2D eigenvalue weighted by molar-refractivity contribution is 0.141. The molecule has 1 aliphatic heterocycles. The lowest BCUT2D eigenvalue weighted by Crippen LogP contribution is -2.50. The number of hydrogen-bond acceptors (Lipinski definition) is 5. The molecule has 0 amide bonds. The number of para-hydroxylation sites is 1. The van der Waals surface area contributed by atoms with Gasteiger partial charge in [0.25, 0.3) is 0 Å². The van der Waals surface area contributed by atoms with E-state index in [-0.39, 0.29) is 6.10 Å². The first-order valence-electron chi connectivity index (χ1n) is 6.19. The Morgan fingerprint density at radius 3 is 2.53 bits per heavy atom. The molecule has 1 aromatic carbocycles. The van der Waals surface area contributed by atoms with Gasteiger partial charge in [-0.05, 0) is 12.1 Å². The topological polar surface area (TPSA) is 56.3 Å². The van der Waals surface area contributed by atoms with Crippen LogP contribution in [0.3, 0.4) is 0 Å². The first-order valence-corrected chi connectivity index (χ1v) is 6.19. The second-order valence-corrected chi connectivity index (χ2v) is 4.34. The van der Waals surface area contributed by atoms with Gasteiger partial charge in [-0.1, -0.05) is 12.1 Å². The predicted octanol–water partition coefficient (Wildman–Crippen LogP) is 1.50. The third kappa shape index (κ3) is 2.51. The molecular formula is C14H15N3O2. The van der Waals surface area contributed by atoms with Crippen molar-refractivity contribution in [2.75, 3.05) is 20.2 Å². The Morgan fingerprint density at radius 2 is 1.89 bits per heavy atom. The van der Waals surface area contributed by atoms with Gasteiger partial charge in [0.1, 0.15) is 11.9 Å². The normalized spacial score (nSPS) is 14.8. The first kappa shape index (κ1) is 11.9. The van der Waals surface area contributed by atoms with Crippen LogP contribution in [0.25, 0.3) is 11.4 Å². The molecule has 2 heterocycles. The Kier molecular flexibility index (Phi) is 3.29. The summed E-state index contributed by atoms with van der Waals surface area (Å²) in [5.41, 5.74) is 0.877. The van der Waals surface area contributed by atoms with Crippen molar-refractivity contribution < 1.29 is 9.47 Å². The molecule has 0 unspecified atom stereocenters. The average Bonchev–Trinajstić information content (AvgIpc) is 2.43. The van der Waals surface area contributed by atoms with Crippen molar-refractivity contribution in [3.63, 3.8) is 0 Å². The molecule has 98 valence electrons. The highest BCUT2D eigenvalue weighted by atomic mass is 16.5. The van der Waals surface area contributed by atoms with E-state index < -0.39 is 0 Å². The fourth-order valence-corrected chi connectivity index (χ4v) is 1.88. The number of nitrogens with one attached hydrogen (secondary N) is 1. The van der Waals surface area contributed by atoms with Crippen LogP contribution in [0.4, 0.5) is 0 Å². The number of methoxy groups -OCH3 is 1. The minimum atomic E-state index is 0.237. The van der Waals surface area contributed by atoms with Crippen molar-refractivity contribution in [2.24, 2.45) is 0 Å². The summed E-state index contributed by atoms with van der Waals surface area (Å²) in [7, 11) is 1.64. The average molecular weight is 257 g/mol. The molecule has 19 heavy (non-hydrogen) atoms. The zero-order chi connectivity index (χ0) is 13.1. The number of hydrogen-bond donors (Lipinski definition) is 1. The standard InChI is InChI=1S/C14H15N3O2/c1-18-13-5-3-2-4-12(13)14-16-8-11(9-17-14)19-10-6-15-7-10/h2-5,8-10,15H,6-7H2,1H3. The molecule has 0 aliphatic carbocycles. The molecule has 5 heteroatoms. The summed E-state index contributed by atoms with van der Waals surface area (Å²) in [6.45, 7) is 1.77. The van der Waals surface area contributed by atoms with Gasteiger partial charge in [0, 0.05) is 13.1 Å². The second-order valence-electron chi connectivity index (χ2n) is 4.34. The van der Waals surface area contributed by atoms with E-state index in [1.54, 1.807) is 19.5 Å². The van der Waals surface area contributed by atoms with Crippen LogP contribution in [0.15, 0.2) is 36.7 Å². The highest BCUT2D eigenvalue weighted by Gasteiger charge is 2.18. The molecule has 1 saturated heterocycles. The Labute approximate surface area is 111 Å². The zero-order valence-electron chi connectivity index (χ0n) is 10.7. The van der Waals surface area contributed by atoms with Gasteiger partial charge in [0.2, 0.25) is 0 Å². The van der Waals surface area contributed by atoms with Gasteiger partial charge >= 0.3 is 0 Å². The quantitative estimate of drug-likeness (QED) is 0.899. The van der Waals surface area contributed by atoms with Gasteiger partial charge in [0.05, 0.1) is 25.1 Å². The van der Waals surface area contributed by atoms with Crippen LogP contribution in [-0.4, -0.2) is 36.3 Å². The summed E-state index contributed by atoms with van der Waals surface area (Å²) in [5, 5.41) is 3.15. The van der Waals surface area contributed by atoms with E-state index in [1.807, 2.05) is 24.3 Å². The molecule has 5 nitrogen and oxygen atoms in total. The van der Waals surface area contributed by atoms with E-state index in [2.05, 4.69) is 15.3 Å². The Bertz CT molecular complexity index is 553. The summed E-state index contributed by atoms with van der Waals surface area (Å²) >= 11 is 0. The van der Waals surface area contributed by atoms with Gasteiger partial charge in [-0.2, -0.15) is 0 Å². The SMILES string of the molecule is COc1ccccc1-c1ncc(OC2CNC2)cn1. The number of aromatic nitrogens is 2. The van der Waals surface area contributed by atoms with E-state index in [1.165, 1.54) is 0 Å². The van der Waals surface area contributed by atoms with Crippen molar-refractivity contribution in [2.45, 2.75) is 6.10 Å². The Morgan fingerprint density at radius 1 is 1.16 bits per heavy atom. The molecule has 3 rings (SSSR count).